The number of benzene rings is 1. The molecule has 0 aliphatic heterocycles. The van der Waals surface area contributed by atoms with Crippen molar-refractivity contribution in [2.75, 3.05) is 14.1 Å². The summed E-state index contributed by atoms with van der Waals surface area (Å²) in [5, 5.41) is 8.43. The number of amides is 2. The van der Waals surface area contributed by atoms with E-state index in [2.05, 4.69) is 15.6 Å². The highest BCUT2D eigenvalue weighted by Gasteiger charge is 2.41. The number of hydrogen-bond donors (Lipinski definition) is 2. The molecule has 7 nitrogen and oxygen atoms in total. The number of allylic oxidation sites excluding steroid dienone is 1. The standard InChI is InChI=1S/C30H44N4O3S/c1-19(2)22(18-20(3)23(35)27-32-16-17-38-27)34(10)28(37)25(29(4,5)6)33-26(36)24(31-9)30(7,8)21-14-12-11-13-15-21/h11-19,22,24-25,31H,1-10H3,(H,33,36)/b20-18+/t22-,24-,25-/m1/s1. The monoisotopic (exact) mass is 540 g/mol. The summed E-state index contributed by atoms with van der Waals surface area (Å²) in [6, 6.07) is 8.20. The Labute approximate surface area is 232 Å². The van der Waals surface area contributed by atoms with Gasteiger partial charge < -0.3 is 15.5 Å². The second kappa shape index (κ2) is 12.8. The lowest BCUT2D eigenvalue weighted by atomic mass is 9.76. The molecule has 0 bridgehead atoms. The van der Waals surface area contributed by atoms with E-state index in [1.165, 1.54) is 11.3 Å². The maximum Gasteiger partial charge on any atom is 0.245 e. The first-order valence-corrected chi connectivity index (χ1v) is 13.9. The van der Waals surface area contributed by atoms with Gasteiger partial charge >= 0.3 is 0 Å². The first-order valence-electron chi connectivity index (χ1n) is 13.0. The van der Waals surface area contributed by atoms with Crippen LogP contribution in [0.25, 0.3) is 0 Å². The summed E-state index contributed by atoms with van der Waals surface area (Å²) in [6.45, 7) is 15.6. The van der Waals surface area contributed by atoms with E-state index < -0.39 is 22.9 Å². The summed E-state index contributed by atoms with van der Waals surface area (Å²) in [6.07, 6.45) is 3.44. The Morgan fingerprint density at radius 2 is 1.63 bits per heavy atom. The molecule has 2 rings (SSSR count). The Bertz CT molecular complexity index is 1120. The fourth-order valence-corrected chi connectivity index (χ4v) is 5.31. The third-order valence-corrected chi connectivity index (χ3v) is 7.85. The first-order chi connectivity index (χ1) is 17.6. The molecule has 8 heteroatoms. The van der Waals surface area contributed by atoms with E-state index in [1.807, 2.05) is 84.9 Å². The van der Waals surface area contributed by atoms with Crippen LogP contribution in [0.2, 0.25) is 0 Å². The molecule has 0 saturated carbocycles. The van der Waals surface area contributed by atoms with E-state index >= 15 is 0 Å². The van der Waals surface area contributed by atoms with Crippen LogP contribution in [-0.2, 0) is 15.0 Å². The normalized spacial score (nSPS) is 15.1. The lowest BCUT2D eigenvalue weighted by molar-refractivity contribution is -0.140. The molecule has 1 aromatic carbocycles. The quantitative estimate of drug-likeness (QED) is 0.314. The summed E-state index contributed by atoms with van der Waals surface area (Å²) < 4.78 is 0. The zero-order valence-corrected chi connectivity index (χ0v) is 25.3. The van der Waals surface area contributed by atoms with Gasteiger partial charge in [0.05, 0.1) is 12.1 Å². The molecule has 0 radical (unpaired) electrons. The van der Waals surface area contributed by atoms with E-state index in [0.29, 0.717) is 10.6 Å². The fourth-order valence-electron chi connectivity index (χ4n) is 4.67. The van der Waals surface area contributed by atoms with Crippen molar-refractivity contribution in [3.05, 3.63) is 64.1 Å². The van der Waals surface area contributed by atoms with Crippen molar-refractivity contribution in [1.29, 1.82) is 0 Å². The first kappa shape index (κ1) is 31.4. The van der Waals surface area contributed by atoms with E-state index in [1.54, 1.807) is 37.5 Å². The van der Waals surface area contributed by atoms with Crippen molar-refractivity contribution < 1.29 is 14.4 Å². The van der Waals surface area contributed by atoms with Gasteiger partial charge in [-0.3, -0.25) is 14.4 Å². The zero-order chi connectivity index (χ0) is 28.8. The highest BCUT2D eigenvalue weighted by Crippen LogP contribution is 2.29. The lowest BCUT2D eigenvalue weighted by Gasteiger charge is -2.40. The number of nitrogens with zero attached hydrogens (tertiary/aromatic N) is 2. The molecule has 2 amide bonds. The van der Waals surface area contributed by atoms with Crippen LogP contribution in [0.4, 0.5) is 0 Å². The van der Waals surface area contributed by atoms with Crippen molar-refractivity contribution in [3.63, 3.8) is 0 Å². The molecule has 0 aliphatic carbocycles. The largest absolute Gasteiger partial charge is 0.342 e. The molecular formula is C30H44N4O3S. The van der Waals surface area contributed by atoms with Crippen LogP contribution >= 0.6 is 11.3 Å². The van der Waals surface area contributed by atoms with Crippen molar-refractivity contribution in [3.8, 4) is 0 Å². The maximum atomic E-state index is 13.9. The van der Waals surface area contributed by atoms with Crippen LogP contribution in [0.5, 0.6) is 0 Å². The molecule has 2 aromatic rings. The zero-order valence-electron chi connectivity index (χ0n) is 24.5. The molecule has 1 heterocycles. The Morgan fingerprint density at radius 3 is 2.11 bits per heavy atom. The Balaban J connectivity index is 2.34. The van der Waals surface area contributed by atoms with Crippen LogP contribution in [0.15, 0.2) is 53.6 Å². The average molecular weight is 541 g/mol. The lowest BCUT2D eigenvalue weighted by Crippen LogP contribution is -2.61. The maximum absolute atomic E-state index is 13.9. The second-order valence-corrected chi connectivity index (χ2v) is 12.7. The predicted octanol–water partition coefficient (Wildman–Crippen LogP) is 4.85. The summed E-state index contributed by atoms with van der Waals surface area (Å²) in [5.74, 6) is -0.550. The summed E-state index contributed by atoms with van der Waals surface area (Å²) in [7, 11) is 3.50. The van der Waals surface area contributed by atoms with Crippen molar-refractivity contribution >= 4 is 28.9 Å². The number of rotatable bonds is 11. The molecule has 0 fully saturated rings. The van der Waals surface area contributed by atoms with Crippen LogP contribution in [0.3, 0.4) is 0 Å². The molecule has 0 unspecified atom stereocenters. The number of hydrogen-bond acceptors (Lipinski definition) is 6. The molecule has 0 saturated heterocycles. The van der Waals surface area contributed by atoms with E-state index in [4.69, 9.17) is 0 Å². The third-order valence-electron chi connectivity index (χ3n) is 7.07. The second-order valence-electron chi connectivity index (χ2n) is 11.8. The van der Waals surface area contributed by atoms with Gasteiger partial charge in [0.2, 0.25) is 17.6 Å². The van der Waals surface area contributed by atoms with Crippen LogP contribution < -0.4 is 10.6 Å². The highest BCUT2D eigenvalue weighted by molar-refractivity contribution is 7.11. The Kier molecular flexibility index (Phi) is 10.6. The number of nitrogens with one attached hydrogen (secondary N) is 2. The van der Waals surface area contributed by atoms with Gasteiger partial charge in [-0.25, -0.2) is 4.98 Å². The van der Waals surface area contributed by atoms with Crippen LogP contribution in [0, 0.1) is 11.3 Å². The topological polar surface area (TPSA) is 91.4 Å². The molecule has 208 valence electrons. The molecule has 1 aromatic heterocycles. The predicted molar refractivity (Wildman–Crippen MR) is 155 cm³/mol. The van der Waals surface area contributed by atoms with Crippen molar-refractivity contribution in [2.45, 2.75) is 78.9 Å². The van der Waals surface area contributed by atoms with Crippen molar-refractivity contribution in [1.82, 2.24) is 20.5 Å². The average Bonchev–Trinajstić information content (AvgIpc) is 3.39. The number of Topliss-reactive ketones (excluding diaryl/α,β-unsaturated/α-hetero) is 1. The summed E-state index contributed by atoms with van der Waals surface area (Å²) >= 11 is 1.29. The van der Waals surface area contributed by atoms with Crippen molar-refractivity contribution in [2.24, 2.45) is 11.3 Å². The van der Waals surface area contributed by atoms with Gasteiger partial charge in [-0.2, -0.15) is 0 Å². The van der Waals surface area contributed by atoms with E-state index in [0.717, 1.165) is 5.56 Å². The molecular weight excluding hydrogens is 496 g/mol. The Morgan fingerprint density at radius 1 is 1.03 bits per heavy atom. The van der Waals surface area contributed by atoms with Crippen LogP contribution in [0.1, 0.15) is 70.8 Å². The van der Waals surface area contributed by atoms with Gasteiger partial charge in [0.15, 0.2) is 5.01 Å². The van der Waals surface area contributed by atoms with Gasteiger partial charge in [0.1, 0.15) is 6.04 Å². The molecule has 0 aliphatic rings. The van der Waals surface area contributed by atoms with Gasteiger partial charge in [0.25, 0.3) is 0 Å². The minimum absolute atomic E-state index is 0.0429. The van der Waals surface area contributed by atoms with Gasteiger partial charge in [0, 0.05) is 24.0 Å². The van der Waals surface area contributed by atoms with E-state index in [9.17, 15) is 14.4 Å². The van der Waals surface area contributed by atoms with Crippen LogP contribution in [-0.4, -0.2) is 59.7 Å². The number of ketones is 1. The summed E-state index contributed by atoms with van der Waals surface area (Å²) in [4.78, 5) is 46.2. The number of carbonyl (C=O) groups is 3. The molecule has 2 N–H and O–H groups in total. The minimum Gasteiger partial charge on any atom is -0.342 e. The van der Waals surface area contributed by atoms with Gasteiger partial charge in [-0.05, 0) is 36.4 Å². The van der Waals surface area contributed by atoms with Gasteiger partial charge in [-0.15, -0.1) is 11.3 Å². The SMILES string of the molecule is CN[C@H](C(=O)N[C@H](C(=O)N(C)[C@H](/C=C(\C)C(=O)c1nccs1)C(C)C)C(C)(C)C)C(C)(C)c1ccccc1. The number of likely N-dealkylation sites (N-methyl/N-ethyl adjacent to an activating group) is 2. The molecule has 0 spiro atoms. The third kappa shape index (κ3) is 7.38. The fraction of sp³-hybridized carbons (Fsp3) is 0.533. The summed E-state index contributed by atoms with van der Waals surface area (Å²) in [5.41, 5.74) is 0.492. The number of carbonyl (C=O) groups excluding carboxylic acids is 3. The number of thiazole rings is 1. The molecule has 38 heavy (non-hydrogen) atoms. The van der Waals surface area contributed by atoms with E-state index in [-0.39, 0.29) is 29.6 Å². The van der Waals surface area contributed by atoms with Gasteiger partial charge in [-0.1, -0.05) is 84.9 Å². The molecule has 3 atom stereocenters. The highest BCUT2D eigenvalue weighted by atomic mass is 32.1. The minimum atomic E-state index is -0.771. The Hall–Kier alpha value is -2.84. The smallest absolute Gasteiger partial charge is 0.245 e. The number of aromatic nitrogens is 1.